The van der Waals surface area contributed by atoms with Crippen LogP contribution in [0.3, 0.4) is 0 Å². The molecule has 0 fully saturated rings. The molecule has 1 aliphatic heterocycles. The summed E-state index contributed by atoms with van der Waals surface area (Å²) in [6.45, 7) is 6.76. The number of ether oxygens (including phenoxy) is 2. The summed E-state index contributed by atoms with van der Waals surface area (Å²) in [4.78, 5) is 4.06. The van der Waals surface area contributed by atoms with Gasteiger partial charge in [0.05, 0.1) is 12.3 Å². The van der Waals surface area contributed by atoms with E-state index in [-0.39, 0.29) is 5.60 Å². The van der Waals surface area contributed by atoms with Crippen LogP contribution >= 0.6 is 15.9 Å². The van der Waals surface area contributed by atoms with Crippen LogP contribution in [-0.4, -0.2) is 32.1 Å². The van der Waals surface area contributed by atoms with Gasteiger partial charge >= 0.3 is 0 Å². The van der Waals surface area contributed by atoms with E-state index in [4.69, 9.17) is 9.47 Å². The molecule has 0 saturated heterocycles. The summed E-state index contributed by atoms with van der Waals surface area (Å²) in [5.41, 5.74) is 3.00. The molecule has 162 valence electrons. The maximum Gasteiger partial charge on any atom is 0.165 e. The van der Waals surface area contributed by atoms with Crippen LogP contribution in [0.25, 0.3) is 11.8 Å². The number of aliphatic hydroxyl groups is 1. The molecule has 1 aromatic heterocycles. The Bertz CT molecular complexity index is 1080. The third-order valence-electron chi connectivity index (χ3n) is 5.07. The molecule has 1 unspecified atom stereocenters. The Hall–Kier alpha value is -2.64. The lowest BCUT2D eigenvalue weighted by atomic mass is 9.97. The van der Waals surface area contributed by atoms with Crippen LogP contribution in [0.4, 0.5) is 0 Å². The van der Waals surface area contributed by atoms with E-state index in [1.54, 1.807) is 11.0 Å². The van der Waals surface area contributed by atoms with Crippen molar-refractivity contribution >= 4 is 27.7 Å². The Morgan fingerprint density at radius 2 is 2.10 bits per heavy atom. The topological polar surface area (TPSA) is 69.4 Å². The maximum atomic E-state index is 11.4. The smallest absolute Gasteiger partial charge is 0.165 e. The normalized spacial score (nSPS) is 16.0. The van der Waals surface area contributed by atoms with Crippen LogP contribution in [0.1, 0.15) is 50.0 Å². The predicted octanol–water partition coefficient (Wildman–Crippen LogP) is 5.27. The highest BCUT2D eigenvalue weighted by molar-refractivity contribution is 9.10. The molecule has 1 N–H and O–H groups in total. The van der Waals surface area contributed by atoms with Crippen molar-refractivity contribution in [3.8, 4) is 11.5 Å². The molecule has 2 aromatic carbocycles. The van der Waals surface area contributed by atoms with Gasteiger partial charge in [-0.1, -0.05) is 35.0 Å². The number of aromatic nitrogens is 3. The highest BCUT2D eigenvalue weighted by atomic mass is 79.9. The van der Waals surface area contributed by atoms with Crippen molar-refractivity contribution < 1.29 is 14.6 Å². The third kappa shape index (κ3) is 4.83. The number of aliphatic hydroxyl groups excluding tert-OH is 1. The summed E-state index contributed by atoms with van der Waals surface area (Å²) in [5, 5.41) is 15.7. The van der Waals surface area contributed by atoms with Crippen LogP contribution in [0.2, 0.25) is 0 Å². The molecule has 6 nitrogen and oxygen atoms in total. The third-order valence-corrected chi connectivity index (χ3v) is 5.60. The number of halogens is 1. The summed E-state index contributed by atoms with van der Waals surface area (Å²) < 4.78 is 14.7. The largest absolute Gasteiger partial charge is 0.490 e. The van der Waals surface area contributed by atoms with Gasteiger partial charge in [0, 0.05) is 16.5 Å². The summed E-state index contributed by atoms with van der Waals surface area (Å²) in [6.07, 6.45) is 5.66. The molecule has 31 heavy (non-hydrogen) atoms. The second kappa shape index (κ2) is 8.85. The summed E-state index contributed by atoms with van der Waals surface area (Å²) in [6, 6.07) is 11.7. The molecule has 0 amide bonds. The molecule has 1 aliphatic rings. The fourth-order valence-electron chi connectivity index (χ4n) is 3.69. The van der Waals surface area contributed by atoms with Gasteiger partial charge in [-0.25, -0.2) is 9.67 Å². The first-order valence-electron chi connectivity index (χ1n) is 10.3. The van der Waals surface area contributed by atoms with Gasteiger partial charge in [0.2, 0.25) is 0 Å². The van der Waals surface area contributed by atoms with Gasteiger partial charge < -0.3 is 14.6 Å². The molecule has 3 aromatic rings. The summed E-state index contributed by atoms with van der Waals surface area (Å²) in [7, 11) is 0. The number of benzene rings is 2. The molecule has 0 spiro atoms. The Kier molecular flexibility index (Phi) is 6.16. The molecule has 0 saturated carbocycles. The van der Waals surface area contributed by atoms with Gasteiger partial charge in [-0.15, -0.1) is 0 Å². The average Bonchev–Trinajstić information content (AvgIpc) is 3.37. The molecular weight excluding hydrogens is 458 g/mol. The molecule has 1 atom stereocenters. The van der Waals surface area contributed by atoms with Crippen LogP contribution < -0.4 is 9.47 Å². The van der Waals surface area contributed by atoms with Crippen molar-refractivity contribution in [3.05, 3.63) is 70.2 Å². The zero-order chi connectivity index (χ0) is 22.0. The quantitative estimate of drug-likeness (QED) is 0.495. The van der Waals surface area contributed by atoms with E-state index in [2.05, 4.69) is 46.8 Å². The van der Waals surface area contributed by atoms with E-state index in [9.17, 15) is 5.11 Å². The van der Waals surface area contributed by atoms with Gasteiger partial charge in [0.25, 0.3) is 0 Å². The minimum atomic E-state index is -0.927. The van der Waals surface area contributed by atoms with Crippen LogP contribution in [-0.2, 0) is 6.42 Å². The molecule has 7 heteroatoms. The average molecular weight is 484 g/mol. The zero-order valence-electron chi connectivity index (χ0n) is 17.9. The highest BCUT2D eigenvalue weighted by Crippen LogP contribution is 2.44. The number of nitrogens with zero attached hydrogens (tertiary/aromatic N) is 3. The standard InChI is InChI=1S/C24H26BrN3O3/c1-4-9-30-21-12-17(11-18-13-24(2,3)31-23(18)21)22(29)20(28-15-26-14-27-28)10-16-5-7-19(25)8-6-16/h5-8,10-12,14-15,22,29H,4,9,13H2,1-3H3. The van der Waals surface area contributed by atoms with Crippen LogP contribution in [0.5, 0.6) is 11.5 Å². The Balaban J connectivity index is 1.77. The number of fused-ring (bicyclic) bond motifs is 1. The van der Waals surface area contributed by atoms with Crippen molar-refractivity contribution in [1.82, 2.24) is 14.8 Å². The molecule has 2 heterocycles. The van der Waals surface area contributed by atoms with E-state index in [0.29, 0.717) is 18.1 Å². The lowest BCUT2D eigenvalue weighted by Crippen LogP contribution is -2.24. The van der Waals surface area contributed by atoms with E-state index in [1.807, 2.05) is 42.5 Å². The van der Waals surface area contributed by atoms with Crippen molar-refractivity contribution in [2.24, 2.45) is 0 Å². The Morgan fingerprint density at radius 3 is 2.77 bits per heavy atom. The van der Waals surface area contributed by atoms with Crippen molar-refractivity contribution in [2.75, 3.05) is 6.61 Å². The van der Waals surface area contributed by atoms with E-state index >= 15 is 0 Å². The first-order valence-corrected chi connectivity index (χ1v) is 11.1. The number of hydrogen-bond acceptors (Lipinski definition) is 5. The lowest BCUT2D eigenvalue weighted by molar-refractivity contribution is 0.132. The van der Waals surface area contributed by atoms with Gasteiger partial charge in [-0.05, 0) is 61.7 Å². The molecule has 4 rings (SSSR count). The van der Waals surface area contributed by atoms with E-state index < -0.39 is 6.10 Å². The fourth-order valence-corrected chi connectivity index (χ4v) is 3.96. The zero-order valence-corrected chi connectivity index (χ0v) is 19.5. The van der Waals surface area contributed by atoms with Gasteiger partial charge in [0.15, 0.2) is 11.5 Å². The van der Waals surface area contributed by atoms with Crippen molar-refractivity contribution in [2.45, 2.75) is 45.3 Å². The fraction of sp³-hybridized carbons (Fsp3) is 0.333. The molecular formula is C24H26BrN3O3. The van der Waals surface area contributed by atoms with Gasteiger partial charge in [0.1, 0.15) is 24.4 Å². The van der Waals surface area contributed by atoms with E-state index in [1.165, 1.54) is 6.33 Å². The Morgan fingerprint density at radius 1 is 1.32 bits per heavy atom. The predicted molar refractivity (Wildman–Crippen MR) is 124 cm³/mol. The first kappa shape index (κ1) is 21.6. The van der Waals surface area contributed by atoms with Crippen LogP contribution in [0, 0.1) is 0 Å². The maximum absolute atomic E-state index is 11.4. The molecule has 0 bridgehead atoms. The van der Waals surface area contributed by atoms with Gasteiger partial charge in [-0.3, -0.25) is 0 Å². The van der Waals surface area contributed by atoms with Crippen molar-refractivity contribution in [3.63, 3.8) is 0 Å². The molecule has 0 radical (unpaired) electrons. The SMILES string of the molecule is CCCOc1cc(C(O)C(=Cc2ccc(Br)cc2)n2cncn2)cc2c1OC(C)(C)C2. The first-order chi connectivity index (χ1) is 14.9. The monoisotopic (exact) mass is 483 g/mol. The van der Waals surface area contributed by atoms with E-state index in [0.717, 1.165) is 39.8 Å². The second-order valence-corrected chi connectivity index (χ2v) is 9.17. The highest BCUT2D eigenvalue weighted by Gasteiger charge is 2.34. The minimum Gasteiger partial charge on any atom is -0.490 e. The van der Waals surface area contributed by atoms with Crippen LogP contribution in [0.15, 0.2) is 53.5 Å². The minimum absolute atomic E-state index is 0.307. The summed E-state index contributed by atoms with van der Waals surface area (Å²) >= 11 is 3.46. The lowest BCUT2D eigenvalue weighted by Gasteiger charge is -2.19. The molecule has 0 aliphatic carbocycles. The number of hydrogen-bond donors (Lipinski definition) is 1. The van der Waals surface area contributed by atoms with Gasteiger partial charge in [-0.2, -0.15) is 5.10 Å². The number of rotatable bonds is 7. The summed E-state index contributed by atoms with van der Waals surface area (Å²) in [5.74, 6) is 1.44. The second-order valence-electron chi connectivity index (χ2n) is 8.26. The Labute approximate surface area is 190 Å². The van der Waals surface area contributed by atoms with Crippen molar-refractivity contribution in [1.29, 1.82) is 0 Å².